The second kappa shape index (κ2) is 47.5. The highest BCUT2D eigenvalue weighted by Gasteiger charge is 2.17. The quantitative estimate of drug-likeness (QED) is 0.0799. The van der Waals surface area contributed by atoms with Crippen LogP contribution in [0, 0.1) is 48.5 Å². The largest absolute Gasteiger partial charge is 0.508 e. The molecular formula is C58H91BCl8N2O5P4. The third kappa shape index (κ3) is 41.2. The average Bonchev–Trinajstić information content (AvgIpc) is 3.32. The molecule has 0 saturated carbocycles. The maximum absolute atomic E-state index is 9.46. The molecule has 0 saturated heterocycles. The van der Waals surface area contributed by atoms with Crippen molar-refractivity contribution in [3.05, 3.63) is 147 Å². The molecule has 0 fully saturated rings. The van der Waals surface area contributed by atoms with Gasteiger partial charge < -0.3 is 33.6 Å². The SMILES string of the molecule is CCN(CC)CC.CCN(CC)CC.Cc1ccc(C(C)C)c(O)c1.Cc1ccc(C(C)C)c(OP(Cl)Cl)c1.Cc1ccc(O)c(C)c1.Cc1ccc(OP(Cl)Oc2cc(C)ccc2C(C)C)c(C)c1.ClP(Cl)Cl.PB(Cl)Cl. The number of hydrogen-bond donors (Lipinski definition) is 2. The lowest BCUT2D eigenvalue weighted by Gasteiger charge is -2.18. The molecule has 0 spiro atoms. The van der Waals surface area contributed by atoms with E-state index in [0.29, 0.717) is 29.3 Å². The lowest BCUT2D eigenvalue weighted by Crippen LogP contribution is -2.21. The molecule has 20 heteroatoms. The summed E-state index contributed by atoms with van der Waals surface area (Å²) in [4.78, 5) is 4.75. The Bertz CT molecular complexity index is 2300. The van der Waals surface area contributed by atoms with E-state index >= 15 is 0 Å². The normalized spacial score (nSPS) is 10.7. The Kier molecular flexibility index (Phi) is 49.5. The molecule has 2 N–H and O–H groups in total. The summed E-state index contributed by atoms with van der Waals surface area (Å²) in [5.41, 5.74) is 11.1. The molecule has 0 aromatic heterocycles. The molecule has 0 aliphatic carbocycles. The van der Waals surface area contributed by atoms with Crippen LogP contribution in [0.2, 0.25) is 0 Å². The number of phenols is 2. The van der Waals surface area contributed by atoms with E-state index in [1.807, 2.05) is 90.1 Å². The highest BCUT2D eigenvalue weighted by atomic mass is 36.0. The van der Waals surface area contributed by atoms with Gasteiger partial charge in [-0.15, -0.1) is 9.12 Å². The predicted octanol–water partition coefficient (Wildman–Crippen LogP) is 23.6. The van der Waals surface area contributed by atoms with Gasteiger partial charge in [-0.3, -0.25) is 0 Å². The smallest absolute Gasteiger partial charge is 0.401 e. The highest BCUT2D eigenvalue weighted by molar-refractivity contribution is 8.20. The Morgan fingerprint density at radius 3 is 1.03 bits per heavy atom. The number of aromatic hydroxyl groups is 2. The zero-order valence-electron chi connectivity index (χ0n) is 49.7. The molecular weight excluding hydrogens is 1220 g/mol. The van der Waals surface area contributed by atoms with Crippen molar-refractivity contribution in [1.29, 1.82) is 0 Å². The van der Waals surface area contributed by atoms with E-state index in [1.54, 1.807) is 12.1 Å². The zero-order chi connectivity index (χ0) is 60.8. The fraction of sp³-hybridized carbons (Fsp3) is 0.483. The number of nitrogens with zero attached hydrogens (tertiary/aromatic N) is 2. The van der Waals surface area contributed by atoms with Crippen molar-refractivity contribution in [2.24, 2.45) is 0 Å². The molecule has 2 unspecified atom stereocenters. The number of rotatable bonds is 15. The second-order valence-electron chi connectivity index (χ2n) is 18.6. The number of hydrogen-bond acceptors (Lipinski definition) is 7. The van der Waals surface area contributed by atoms with Gasteiger partial charge in [-0.1, -0.05) is 189 Å². The minimum absolute atomic E-state index is 0.306. The van der Waals surface area contributed by atoms with Crippen LogP contribution >= 0.6 is 120 Å². The Morgan fingerprint density at radius 1 is 0.436 bits per heavy atom. The van der Waals surface area contributed by atoms with Gasteiger partial charge in [0.15, 0.2) is 5.98 Å². The summed E-state index contributed by atoms with van der Waals surface area (Å²) in [5.74, 6) is 3.15. The summed E-state index contributed by atoms with van der Waals surface area (Å²) < 4.78 is 17.1. The van der Waals surface area contributed by atoms with Crippen molar-refractivity contribution in [2.75, 3.05) is 39.3 Å². The van der Waals surface area contributed by atoms with Crippen LogP contribution < -0.4 is 13.6 Å². The Morgan fingerprint density at radius 2 is 0.731 bits per heavy atom. The lowest BCUT2D eigenvalue weighted by molar-refractivity contribution is 0.321. The van der Waals surface area contributed by atoms with Crippen LogP contribution in [0.5, 0.6) is 28.7 Å². The van der Waals surface area contributed by atoms with E-state index in [0.717, 1.165) is 61.8 Å². The van der Waals surface area contributed by atoms with Crippen LogP contribution in [-0.2, 0) is 0 Å². The van der Waals surface area contributed by atoms with Gasteiger partial charge >= 0.3 is 13.0 Å². The standard InChI is InChI=1S/C18H22ClO2P.C10H13Cl2OP.C10H14O.C8H10O.2C6H15N.BCl2H2P.Cl3P/c1-12(2)16-8-6-14(4)11-18(16)21-22(19)20-17-9-7-13(3)10-15(17)5;1-7(2)9-5-4-8(3)6-10(9)13-14(11)12;1-7(2)9-5-4-8(3)6-10(9)11;1-6-3-4-8(9)7(2)5-6;2*1-4-7(5-2)6-3;2-1(3)4;1-4(2)3/h6-12H,1-5H3;4-7H,1-3H3;4-7,11H,1-3H3;3-5,9H,1-2H3;2*4-6H2,1-3H3;4H2;. The molecule has 2 atom stereocenters. The van der Waals surface area contributed by atoms with Crippen molar-refractivity contribution in [3.8, 4) is 28.7 Å². The van der Waals surface area contributed by atoms with Gasteiger partial charge in [0.2, 0.25) is 0 Å². The fourth-order valence-corrected chi connectivity index (χ4v) is 8.74. The number of phenolic OH excluding ortho intramolecular Hbond substituents is 2. The van der Waals surface area contributed by atoms with Crippen LogP contribution in [0.3, 0.4) is 0 Å². The molecule has 0 heterocycles. The summed E-state index contributed by atoms with van der Waals surface area (Å²) in [6.45, 7) is 45.5. The van der Waals surface area contributed by atoms with Crippen molar-refractivity contribution in [3.63, 3.8) is 0 Å². The van der Waals surface area contributed by atoms with Crippen LogP contribution in [0.25, 0.3) is 0 Å². The first-order chi connectivity index (χ1) is 36.3. The monoisotopic (exact) mass is 1310 g/mol. The molecule has 0 radical (unpaired) electrons. The van der Waals surface area contributed by atoms with Gasteiger partial charge in [0.25, 0.3) is 6.85 Å². The molecule has 0 aliphatic rings. The minimum atomic E-state index is -1.54. The molecule has 442 valence electrons. The molecule has 0 bridgehead atoms. The zero-order valence-corrected chi connectivity index (χ0v) is 59.6. The van der Waals surface area contributed by atoms with Crippen LogP contribution in [0.15, 0.2) is 91.0 Å². The third-order valence-electron chi connectivity index (χ3n) is 11.3. The summed E-state index contributed by atoms with van der Waals surface area (Å²) in [6, 6.07) is 29.7. The second-order valence-corrected chi connectivity index (χ2v) is 30.8. The Hall–Kier alpha value is -0.875. The fourth-order valence-electron chi connectivity index (χ4n) is 6.83. The van der Waals surface area contributed by atoms with Gasteiger partial charge in [0.05, 0.1) is 0 Å². The van der Waals surface area contributed by atoms with Gasteiger partial charge in [-0.25, -0.2) is 0 Å². The maximum Gasteiger partial charge on any atom is 0.401 e. The van der Waals surface area contributed by atoms with Crippen molar-refractivity contribution in [1.82, 2.24) is 9.80 Å². The maximum atomic E-state index is 9.46. The number of benzene rings is 5. The average molecular weight is 1310 g/mol. The van der Waals surface area contributed by atoms with Crippen molar-refractivity contribution < 1.29 is 23.8 Å². The molecule has 78 heavy (non-hydrogen) atoms. The van der Waals surface area contributed by atoms with Crippen LogP contribution in [0.4, 0.5) is 0 Å². The van der Waals surface area contributed by atoms with E-state index in [-0.39, 0.29) is 5.26 Å². The van der Waals surface area contributed by atoms with Crippen LogP contribution in [0.1, 0.15) is 156 Å². The van der Waals surface area contributed by atoms with Crippen LogP contribution in [-0.4, -0.2) is 64.5 Å². The van der Waals surface area contributed by atoms with E-state index in [4.69, 9.17) is 109 Å². The van der Waals surface area contributed by atoms with Gasteiger partial charge in [-0.2, -0.15) is 22.9 Å². The molecule has 5 aromatic rings. The number of halogens is 8. The summed E-state index contributed by atoms with van der Waals surface area (Å²) in [5, 5.41) is 18.2. The first-order valence-corrected chi connectivity index (χ1v) is 36.8. The molecule has 5 rings (SSSR count). The predicted molar refractivity (Wildman–Crippen MR) is 363 cm³/mol. The summed E-state index contributed by atoms with van der Waals surface area (Å²) in [6.07, 6.45) is 0. The van der Waals surface area contributed by atoms with E-state index in [9.17, 15) is 5.11 Å². The van der Waals surface area contributed by atoms with Crippen molar-refractivity contribution >= 4 is 125 Å². The van der Waals surface area contributed by atoms with Gasteiger partial charge in [0, 0.05) is 0 Å². The van der Waals surface area contributed by atoms with Crippen molar-refractivity contribution in [2.45, 2.75) is 149 Å². The van der Waals surface area contributed by atoms with E-state index in [2.05, 4.69) is 139 Å². The molecule has 7 nitrogen and oxygen atoms in total. The van der Waals surface area contributed by atoms with Gasteiger partial charge in [0.1, 0.15) is 28.7 Å². The number of aryl methyl sites for hydroxylation is 7. The first-order valence-electron chi connectivity index (χ1n) is 26.1. The van der Waals surface area contributed by atoms with E-state index in [1.165, 1.54) is 50.4 Å². The summed E-state index contributed by atoms with van der Waals surface area (Å²) >= 11 is 42.2. The van der Waals surface area contributed by atoms with Gasteiger partial charge in [-0.05, 0) is 214 Å². The van der Waals surface area contributed by atoms with E-state index < -0.39 is 20.6 Å². The first kappa shape index (κ1) is 81.3. The summed E-state index contributed by atoms with van der Waals surface area (Å²) in [7, 11) is 0.648. The highest BCUT2D eigenvalue weighted by Crippen LogP contribution is 2.52. The minimum Gasteiger partial charge on any atom is -0.508 e. The molecule has 0 amide bonds. The molecule has 5 aromatic carbocycles. The molecule has 0 aliphatic heterocycles. The Labute approximate surface area is 518 Å². The topological polar surface area (TPSA) is 74.6 Å². The lowest BCUT2D eigenvalue weighted by atomic mass is 10.0. The third-order valence-corrected chi connectivity index (χ3v) is 13.1. The Balaban J connectivity index is -0.000000881.